The number of nitrogens with zero attached hydrogens (tertiary/aromatic N) is 2. The molecule has 0 spiro atoms. The van der Waals surface area contributed by atoms with Crippen molar-refractivity contribution in [3.8, 4) is 6.07 Å². The molecule has 0 aliphatic heterocycles. The number of benzene rings is 2. The highest BCUT2D eigenvalue weighted by Gasteiger charge is 2.15. The van der Waals surface area contributed by atoms with Gasteiger partial charge in [-0.3, -0.25) is 0 Å². The van der Waals surface area contributed by atoms with Crippen molar-refractivity contribution in [2.24, 2.45) is 0 Å². The summed E-state index contributed by atoms with van der Waals surface area (Å²) in [5, 5.41) is 13.0. The molecule has 6 nitrogen and oxygen atoms in total. The number of anilines is 2. The zero-order valence-electron chi connectivity index (χ0n) is 17.4. The number of halogens is 2. The maximum absolute atomic E-state index is 12.2. The highest BCUT2D eigenvalue weighted by atomic mass is 35.5. The van der Waals surface area contributed by atoms with Gasteiger partial charge in [-0.05, 0) is 49.7 Å². The second-order valence-corrected chi connectivity index (χ2v) is 7.46. The summed E-state index contributed by atoms with van der Waals surface area (Å²) in [7, 11) is 0. The number of aromatic nitrogens is 1. The average Bonchev–Trinajstić information content (AvgIpc) is 2.80. The van der Waals surface area contributed by atoms with Crippen molar-refractivity contribution >= 4 is 53.2 Å². The highest BCUT2D eigenvalue weighted by Crippen LogP contribution is 2.36. The molecule has 0 bridgehead atoms. The fraction of sp³-hybridized carbons (Fsp3) is 0.174. The average molecular weight is 490 g/mol. The Balaban J connectivity index is 0.000000336. The monoisotopic (exact) mass is 489 g/mol. The first-order chi connectivity index (χ1) is 15.4. The van der Waals surface area contributed by atoms with E-state index in [2.05, 4.69) is 22.9 Å². The lowest BCUT2D eigenvalue weighted by Gasteiger charge is -2.15. The normalized spacial score (nSPS) is 9.88. The molecule has 0 radical (unpaired) electrons. The third kappa shape index (κ3) is 7.14. The third-order valence-corrected chi connectivity index (χ3v) is 5.23. The van der Waals surface area contributed by atoms with E-state index in [4.69, 9.17) is 37.9 Å². The van der Waals surface area contributed by atoms with E-state index in [1.807, 2.05) is 26.0 Å². The summed E-state index contributed by atoms with van der Waals surface area (Å²) in [5.41, 5.74) is 2.89. The number of para-hydroxylation sites is 1. The number of aryl methyl sites for hydroxylation is 1. The van der Waals surface area contributed by atoms with Gasteiger partial charge in [-0.15, -0.1) is 12.6 Å². The summed E-state index contributed by atoms with van der Waals surface area (Å²) >= 11 is 16.4. The standard InChI is InChI=1S/C17H17Cl2NO3.C6H4N2S/c1-3-22-10-23-17(21)12-6-4-5-7-14(12)20-16-13(18)9-8-11(2)15(16)19;7-4-5-2-1-3-8-6(5)9/h4-9,20H,3,10H2,1-2H3;1-3H,(H,8,9). The quantitative estimate of drug-likeness (QED) is 0.179. The number of hydrogen-bond donors (Lipinski definition) is 2. The number of thiol groups is 1. The number of carbonyl (C=O) groups is 1. The number of carbonyl (C=O) groups excluding carboxylic acids is 1. The maximum Gasteiger partial charge on any atom is 0.342 e. The Morgan fingerprint density at radius 2 is 1.94 bits per heavy atom. The summed E-state index contributed by atoms with van der Waals surface area (Å²) in [4.78, 5) is 16.0. The first kappa shape index (κ1) is 25.5. The molecule has 0 saturated carbocycles. The minimum atomic E-state index is -0.485. The van der Waals surface area contributed by atoms with E-state index in [0.717, 1.165) is 5.56 Å². The van der Waals surface area contributed by atoms with Crippen LogP contribution in [0.2, 0.25) is 10.0 Å². The fourth-order valence-corrected chi connectivity index (χ4v) is 3.07. The van der Waals surface area contributed by atoms with E-state index >= 15 is 0 Å². The summed E-state index contributed by atoms with van der Waals surface area (Å²) in [6, 6.07) is 15.9. The summed E-state index contributed by atoms with van der Waals surface area (Å²) in [5.74, 6) is -0.485. The van der Waals surface area contributed by atoms with Gasteiger partial charge in [0.25, 0.3) is 0 Å². The largest absolute Gasteiger partial charge is 0.435 e. The lowest BCUT2D eigenvalue weighted by atomic mass is 10.1. The zero-order valence-corrected chi connectivity index (χ0v) is 19.8. The molecule has 0 unspecified atom stereocenters. The van der Waals surface area contributed by atoms with Crippen LogP contribution in [0.3, 0.4) is 0 Å². The Labute approximate surface area is 202 Å². The van der Waals surface area contributed by atoms with Crippen molar-refractivity contribution in [1.82, 2.24) is 4.98 Å². The van der Waals surface area contributed by atoms with E-state index < -0.39 is 5.97 Å². The topological polar surface area (TPSA) is 84.2 Å². The first-order valence-electron chi connectivity index (χ1n) is 9.48. The van der Waals surface area contributed by atoms with E-state index in [1.165, 1.54) is 0 Å². The van der Waals surface area contributed by atoms with E-state index in [-0.39, 0.29) is 6.79 Å². The minimum Gasteiger partial charge on any atom is -0.435 e. The predicted octanol–water partition coefficient (Wildman–Crippen LogP) is 6.44. The molecule has 0 aliphatic carbocycles. The van der Waals surface area contributed by atoms with Gasteiger partial charge in [0.15, 0.2) is 6.79 Å². The van der Waals surface area contributed by atoms with E-state index in [0.29, 0.717) is 44.2 Å². The van der Waals surface area contributed by atoms with Gasteiger partial charge in [-0.2, -0.15) is 5.26 Å². The molecule has 1 aromatic heterocycles. The second kappa shape index (κ2) is 12.9. The van der Waals surface area contributed by atoms with E-state index in [1.54, 1.807) is 48.7 Å². The molecule has 32 heavy (non-hydrogen) atoms. The number of ether oxygens (including phenoxy) is 2. The molecular formula is C23H21Cl2N3O3S. The van der Waals surface area contributed by atoms with Gasteiger partial charge in [0, 0.05) is 12.8 Å². The molecule has 0 atom stereocenters. The van der Waals surface area contributed by atoms with Crippen LogP contribution in [0.4, 0.5) is 11.4 Å². The number of rotatable bonds is 6. The smallest absolute Gasteiger partial charge is 0.342 e. The second-order valence-electron chi connectivity index (χ2n) is 6.25. The highest BCUT2D eigenvalue weighted by molar-refractivity contribution is 7.80. The molecule has 0 amide bonds. The van der Waals surface area contributed by atoms with Crippen molar-refractivity contribution in [2.75, 3.05) is 18.7 Å². The van der Waals surface area contributed by atoms with Gasteiger partial charge in [0.05, 0.1) is 32.5 Å². The fourth-order valence-electron chi connectivity index (χ4n) is 2.42. The lowest BCUT2D eigenvalue weighted by molar-refractivity contribution is -0.0273. The zero-order chi connectivity index (χ0) is 23.5. The van der Waals surface area contributed by atoms with Crippen molar-refractivity contribution in [3.05, 3.63) is 81.5 Å². The Morgan fingerprint density at radius 3 is 2.59 bits per heavy atom. The van der Waals surface area contributed by atoms with Crippen molar-refractivity contribution in [3.63, 3.8) is 0 Å². The van der Waals surface area contributed by atoms with Crippen LogP contribution in [0, 0.1) is 18.3 Å². The predicted molar refractivity (Wildman–Crippen MR) is 129 cm³/mol. The van der Waals surface area contributed by atoms with Gasteiger partial charge >= 0.3 is 5.97 Å². The summed E-state index contributed by atoms with van der Waals surface area (Å²) in [6.45, 7) is 4.09. The van der Waals surface area contributed by atoms with Gasteiger partial charge in [-0.25, -0.2) is 9.78 Å². The van der Waals surface area contributed by atoms with Gasteiger partial charge in [0.1, 0.15) is 11.1 Å². The molecule has 0 aliphatic rings. The molecule has 0 saturated heterocycles. The van der Waals surface area contributed by atoms with E-state index in [9.17, 15) is 4.79 Å². The number of nitriles is 1. The molecule has 3 rings (SSSR count). The SMILES string of the molecule is CCOCOC(=O)c1ccccc1Nc1c(Cl)ccc(C)c1Cl.N#Cc1cccnc1S. The molecule has 9 heteroatoms. The van der Waals surface area contributed by atoms with Gasteiger partial charge in [0.2, 0.25) is 0 Å². The molecular weight excluding hydrogens is 469 g/mol. The van der Waals surface area contributed by atoms with Crippen LogP contribution >= 0.6 is 35.8 Å². The maximum atomic E-state index is 12.2. The molecule has 166 valence electrons. The lowest BCUT2D eigenvalue weighted by Crippen LogP contribution is -2.11. The van der Waals surface area contributed by atoms with Crippen LogP contribution in [0.1, 0.15) is 28.4 Å². The molecule has 0 fully saturated rings. The van der Waals surface area contributed by atoms with Crippen LogP contribution < -0.4 is 5.32 Å². The Bertz CT molecular complexity index is 1120. The molecule has 3 aromatic rings. The van der Waals surface area contributed by atoms with Crippen molar-refractivity contribution < 1.29 is 14.3 Å². The van der Waals surface area contributed by atoms with Gasteiger partial charge < -0.3 is 14.8 Å². The summed E-state index contributed by atoms with van der Waals surface area (Å²) in [6.07, 6.45) is 1.60. The first-order valence-corrected chi connectivity index (χ1v) is 10.7. The molecule has 1 heterocycles. The number of nitrogens with one attached hydrogen (secondary N) is 1. The van der Waals surface area contributed by atoms with Crippen LogP contribution in [0.25, 0.3) is 0 Å². The van der Waals surface area contributed by atoms with Crippen LogP contribution in [-0.4, -0.2) is 24.4 Å². The van der Waals surface area contributed by atoms with Gasteiger partial charge in [-0.1, -0.05) is 41.4 Å². The summed E-state index contributed by atoms with van der Waals surface area (Å²) < 4.78 is 10.1. The number of pyridine rings is 1. The molecule has 1 N–H and O–H groups in total. The Morgan fingerprint density at radius 1 is 1.19 bits per heavy atom. The number of hydrogen-bond acceptors (Lipinski definition) is 7. The minimum absolute atomic E-state index is 0.0877. The molecule has 2 aromatic carbocycles. The van der Waals surface area contributed by atoms with Crippen LogP contribution in [0.5, 0.6) is 0 Å². The van der Waals surface area contributed by atoms with Crippen LogP contribution in [-0.2, 0) is 9.47 Å². The Hall–Kier alpha value is -2.76. The van der Waals surface area contributed by atoms with Crippen LogP contribution in [0.15, 0.2) is 59.8 Å². The van der Waals surface area contributed by atoms with Crippen molar-refractivity contribution in [2.45, 2.75) is 18.9 Å². The van der Waals surface area contributed by atoms with Crippen molar-refractivity contribution in [1.29, 1.82) is 5.26 Å². The number of esters is 1. The third-order valence-electron chi connectivity index (χ3n) is 4.08. The Kier molecular flexibility index (Phi) is 10.3.